The minimum absolute atomic E-state index is 0.172. The summed E-state index contributed by atoms with van der Waals surface area (Å²) in [4.78, 5) is 44.3. The van der Waals surface area contributed by atoms with Gasteiger partial charge in [-0.1, -0.05) is 17.3 Å². The number of hydrogen-bond acceptors (Lipinski definition) is 9. The smallest absolute Gasteiger partial charge is 0.339 e. The number of thiophene rings is 1. The Hall–Kier alpha value is -4.05. The largest absolute Gasteiger partial charge is 0.496 e. The van der Waals surface area contributed by atoms with Gasteiger partial charge in [-0.15, -0.1) is 11.3 Å². The van der Waals surface area contributed by atoms with Crippen molar-refractivity contribution in [1.29, 1.82) is 0 Å². The van der Waals surface area contributed by atoms with Crippen molar-refractivity contribution in [1.82, 2.24) is 15.5 Å². The fraction of sp³-hybridized carbons (Fsp3) is 0.208. The van der Waals surface area contributed by atoms with Gasteiger partial charge in [0, 0.05) is 15.3 Å². The topological polar surface area (TPSA) is 121 Å². The summed E-state index contributed by atoms with van der Waals surface area (Å²) in [7, 11) is 1.42. The third kappa shape index (κ3) is 4.53. The number of ether oxygens (including phenoxy) is 2. The van der Waals surface area contributed by atoms with Gasteiger partial charge in [-0.2, -0.15) is 0 Å². The second kappa shape index (κ2) is 9.44. The average molecular weight is 480 g/mol. The number of carbonyl (C=O) groups excluding carboxylic acids is 3. The van der Waals surface area contributed by atoms with Crippen molar-refractivity contribution in [3.05, 3.63) is 63.0 Å². The van der Waals surface area contributed by atoms with Gasteiger partial charge in [0.05, 0.1) is 35.0 Å². The van der Waals surface area contributed by atoms with Gasteiger partial charge in [0.15, 0.2) is 6.61 Å². The van der Waals surface area contributed by atoms with Gasteiger partial charge in [0.25, 0.3) is 17.5 Å². The van der Waals surface area contributed by atoms with E-state index < -0.39 is 24.4 Å². The van der Waals surface area contributed by atoms with Crippen molar-refractivity contribution in [2.45, 2.75) is 20.8 Å². The fourth-order valence-electron chi connectivity index (χ4n) is 3.55. The zero-order chi connectivity index (χ0) is 24.4. The summed E-state index contributed by atoms with van der Waals surface area (Å²) in [5.74, 6) is -1.88. The van der Waals surface area contributed by atoms with E-state index >= 15 is 0 Å². The number of methoxy groups -OCH3 is 1. The molecule has 34 heavy (non-hydrogen) atoms. The van der Waals surface area contributed by atoms with Crippen molar-refractivity contribution in [2.24, 2.45) is 0 Å². The Morgan fingerprint density at radius 1 is 1.09 bits per heavy atom. The zero-order valence-electron chi connectivity index (χ0n) is 18.9. The van der Waals surface area contributed by atoms with Gasteiger partial charge in [0.1, 0.15) is 5.75 Å². The predicted molar refractivity (Wildman–Crippen MR) is 125 cm³/mol. The van der Waals surface area contributed by atoms with Crippen molar-refractivity contribution in [2.75, 3.05) is 13.7 Å². The molecule has 0 saturated carbocycles. The van der Waals surface area contributed by atoms with Crippen LogP contribution < -0.4 is 10.1 Å². The van der Waals surface area contributed by atoms with E-state index in [0.29, 0.717) is 22.5 Å². The second-order valence-electron chi connectivity index (χ2n) is 7.48. The molecule has 0 bridgehead atoms. The molecule has 0 atom stereocenters. The van der Waals surface area contributed by atoms with Crippen LogP contribution in [0, 0.1) is 20.8 Å². The molecule has 0 saturated heterocycles. The van der Waals surface area contributed by atoms with Crippen molar-refractivity contribution >= 4 is 40.2 Å². The van der Waals surface area contributed by atoms with Crippen LogP contribution in [-0.4, -0.2) is 41.6 Å². The summed E-state index contributed by atoms with van der Waals surface area (Å²) in [5.41, 5.74) is 2.43. The number of benzene rings is 1. The maximum absolute atomic E-state index is 12.9. The van der Waals surface area contributed by atoms with Crippen LogP contribution >= 0.6 is 11.3 Å². The van der Waals surface area contributed by atoms with Gasteiger partial charge >= 0.3 is 5.97 Å². The van der Waals surface area contributed by atoms with E-state index in [1.54, 1.807) is 42.5 Å². The number of nitrogens with zero attached hydrogens (tertiary/aromatic N) is 2. The van der Waals surface area contributed by atoms with Gasteiger partial charge in [-0.3, -0.25) is 14.9 Å². The van der Waals surface area contributed by atoms with E-state index in [1.165, 1.54) is 13.2 Å². The highest BCUT2D eigenvalue weighted by Gasteiger charge is 2.23. The lowest BCUT2D eigenvalue weighted by Crippen LogP contribution is -2.34. The Labute approximate surface area is 198 Å². The van der Waals surface area contributed by atoms with Crippen molar-refractivity contribution in [3.8, 4) is 17.0 Å². The molecule has 0 aliphatic carbocycles. The van der Waals surface area contributed by atoms with E-state index in [0.717, 1.165) is 15.3 Å². The van der Waals surface area contributed by atoms with Gasteiger partial charge in [-0.05, 0) is 45.0 Å². The third-order valence-electron chi connectivity index (χ3n) is 5.09. The molecular weight excluding hydrogens is 458 g/mol. The SMILES string of the molecule is COc1ccccc1C(=O)NC(=O)COC(=O)c1cc(-c2cc(C)sc2C)nc2onc(C)c12. The summed E-state index contributed by atoms with van der Waals surface area (Å²) in [5, 5.41) is 6.51. The van der Waals surface area contributed by atoms with Crippen LogP contribution in [0.4, 0.5) is 0 Å². The first kappa shape index (κ1) is 23.1. The normalized spacial score (nSPS) is 10.8. The van der Waals surface area contributed by atoms with Crippen LogP contribution in [-0.2, 0) is 9.53 Å². The van der Waals surface area contributed by atoms with Crippen molar-refractivity contribution in [3.63, 3.8) is 0 Å². The van der Waals surface area contributed by atoms with Gasteiger partial charge in [-0.25, -0.2) is 9.78 Å². The molecule has 0 spiro atoms. The number of rotatable bonds is 6. The first-order valence-electron chi connectivity index (χ1n) is 10.3. The van der Waals surface area contributed by atoms with Crippen LogP contribution in [0.5, 0.6) is 5.75 Å². The Morgan fingerprint density at radius 2 is 1.85 bits per heavy atom. The van der Waals surface area contributed by atoms with Crippen LogP contribution in [0.15, 0.2) is 40.9 Å². The van der Waals surface area contributed by atoms with Crippen LogP contribution in [0.25, 0.3) is 22.4 Å². The maximum Gasteiger partial charge on any atom is 0.339 e. The minimum Gasteiger partial charge on any atom is -0.496 e. The second-order valence-corrected chi connectivity index (χ2v) is 8.94. The molecule has 4 rings (SSSR count). The molecule has 3 heterocycles. The van der Waals surface area contributed by atoms with E-state index in [4.69, 9.17) is 14.0 Å². The number of imide groups is 1. The minimum atomic E-state index is -0.777. The molecule has 9 nitrogen and oxygen atoms in total. The lowest BCUT2D eigenvalue weighted by molar-refractivity contribution is -0.123. The summed E-state index contributed by atoms with van der Waals surface area (Å²) in [6, 6.07) is 10.0. The molecule has 2 amide bonds. The molecule has 0 fully saturated rings. The number of esters is 1. The lowest BCUT2D eigenvalue weighted by atomic mass is 10.1. The Morgan fingerprint density at radius 3 is 2.56 bits per heavy atom. The van der Waals surface area contributed by atoms with E-state index in [-0.39, 0.29) is 16.8 Å². The first-order chi connectivity index (χ1) is 16.3. The summed E-state index contributed by atoms with van der Waals surface area (Å²) in [6.45, 7) is 4.98. The number of fused-ring (bicyclic) bond motifs is 1. The molecule has 4 aromatic rings. The molecule has 1 aromatic carbocycles. The molecule has 1 N–H and O–H groups in total. The van der Waals surface area contributed by atoms with Crippen LogP contribution in [0.1, 0.15) is 36.2 Å². The maximum atomic E-state index is 12.9. The number of carbonyl (C=O) groups is 3. The predicted octanol–water partition coefficient (Wildman–Crippen LogP) is 4.00. The average Bonchev–Trinajstić information content (AvgIpc) is 3.37. The number of para-hydroxylation sites is 1. The molecule has 0 radical (unpaired) electrons. The number of pyridine rings is 1. The number of nitrogens with one attached hydrogen (secondary N) is 1. The molecule has 0 aliphatic heterocycles. The number of aromatic nitrogens is 2. The highest BCUT2D eigenvalue weighted by molar-refractivity contribution is 7.12. The third-order valence-corrected chi connectivity index (χ3v) is 6.06. The van der Waals surface area contributed by atoms with Crippen LogP contribution in [0.2, 0.25) is 0 Å². The monoisotopic (exact) mass is 479 g/mol. The molecule has 10 heteroatoms. The van der Waals surface area contributed by atoms with Gasteiger partial charge in [0.2, 0.25) is 0 Å². The van der Waals surface area contributed by atoms with Crippen LogP contribution in [0.3, 0.4) is 0 Å². The quantitative estimate of drug-likeness (QED) is 0.412. The molecule has 174 valence electrons. The summed E-state index contributed by atoms with van der Waals surface area (Å²) < 4.78 is 15.6. The highest BCUT2D eigenvalue weighted by Crippen LogP contribution is 2.33. The highest BCUT2D eigenvalue weighted by atomic mass is 32.1. The Kier molecular flexibility index (Phi) is 6.42. The molecule has 3 aromatic heterocycles. The van der Waals surface area contributed by atoms with E-state index in [2.05, 4.69) is 15.5 Å². The van der Waals surface area contributed by atoms with E-state index in [1.807, 2.05) is 19.9 Å². The number of amides is 2. The molecular formula is C24H21N3O6S. The Balaban J connectivity index is 1.53. The van der Waals surface area contributed by atoms with E-state index in [9.17, 15) is 14.4 Å². The standard InChI is InChI=1S/C24H21N3O6S/c1-12-9-16(14(3)34-12)18-10-17(21-13(2)27-33-23(21)25-18)24(30)32-11-20(28)26-22(29)15-7-5-6-8-19(15)31-4/h5-10H,11H2,1-4H3,(H,26,28,29). The zero-order valence-corrected chi connectivity index (χ0v) is 19.7. The lowest BCUT2D eigenvalue weighted by Gasteiger charge is -2.09. The fourth-order valence-corrected chi connectivity index (χ4v) is 4.48. The number of hydrogen-bond donors (Lipinski definition) is 1. The Bertz CT molecular complexity index is 1420. The van der Waals surface area contributed by atoms with Gasteiger partial charge < -0.3 is 14.0 Å². The summed E-state index contributed by atoms with van der Waals surface area (Å²) >= 11 is 1.61. The van der Waals surface area contributed by atoms with Crippen molar-refractivity contribution < 1.29 is 28.4 Å². The molecule has 0 unspecified atom stereocenters. The number of aryl methyl sites for hydroxylation is 3. The first-order valence-corrected chi connectivity index (χ1v) is 11.1. The molecule has 0 aliphatic rings. The summed E-state index contributed by atoms with van der Waals surface area (Å²) in [6.07, 6.45) is 0.